The van der Waals surface area contributed by atoms with Crippen molar-refractivity contribution in [3.05, 3.63) is 24.0 Å². The summed E-state index contributed by atoms with van der Waals surface area (Å²) in [5.74, 6) is 0.169. The van der Waals surface area contributed by atoms with Gasteiger partial charge in [0.2, 0.25) is 0 Å². The summed E-state index contributed by atoms with van der Waals surface area (Å²) in [6.45, 7) is 0.491. The summed E-state index contributed by atoms with van der Waals surface area (Å²) < 4.78 is 9.89. The zero-order valence-corrected chi connectivity index (χ0v) is 9.25. The number of phenols is 2. The molecule has 0 radical (unpaired) electrons. The maximum atomic E-state index is 9.63. The largest absolute Gasteiger partial charge is 0.504 e. The van der Waals surface area contributed by atoms with E-state index in [0.29, 0.717) is 24.4 Å². The molecule has 1 heterocycles. The molecule has 0 bridgehead atoms. The molecule has 1 aromatic heterocycles. The molecule has 2 N–H and O–H groups in total. The van der Waals surface area contributed by atoms with Crippen LogP contribution in [0.3, 0.4) is 0 Å². The lowest BCUT2D eigenvalue weighted by Gasteiger charge is -2.00. The molecule has 0 aliphatic carbocycles. The second-order valence-corrected chi connectivity index (χ2v) is 3.43. The quantitative estimate of drug-likeness (QED) is 0.778. The summed E-state index contributed by atoms with van der Waals surface area (Å²) in [6.07, 6.45) is 0.527. The van der Waals surface area contributed by atoms with Crippen molar-refractivity contribution in [1.29, 1.82) is 0 Å². The summed E-state index contributed by atoms with van der Waals surface area (Å²) in [6, 6.07) is 4.55. The Labute approximate surface area is 97.5 Å². The third kappa shape index (κ3) is 2.36. The number of phenolic OH excluding ortho intramolecular Hbond substituents is 2. The Morgan fingerprint density at radius 2 is 2.18 bits per heavy atom. The van der Waals surface area contributed by atoms with Crippen LogP contribution in [0.5, 0.6) is 11.5 Å². The molecule has 0 saturated carbocycles. The fraction of sp³-hybridized carbons (Fsp3) is 0.273. The highest BCUT2D eigenvalue weighted by atomic mass is 16.5. The van der Waals surface area contributed by atoms with E-state index in [0.717, 1.165) is 0 Å². The molecule has 0 amide bonds. The van der Waals surface area contributed by atoms with Crippen LogP contribution in [-0.2, 0) is 11.2 Å². The highest BCUT2D eigenvalue weighted by Gasteiger charge is 2.14. The minimum atomic E-state index is -0.269. The molecule has 0 fully saturated rings. The van der Waals surface area contributed by atoms with Crippen LogP contribution in [0.4, 0.5) is 0 Å². The van der Waals surface area contributed by atoms with Crippen LogP contribution in [-0.4, -0.2) is 34.1 Å². The topological polar surface area (TPSA) is 88.6 Å². The van der Waals surface area contributed by atoms with E-state index in [2.05, 4.69) is 10.1 Å². The summed E-state index contributed by atoms with van der Waals surface area (Å²) in [7, 11) is 1.59. The van der Waals surface area contributed by atoms with Gasteiger partial charge in [-0.15, -0.1) is 0 Å². The Bertz CT molecular complexity index is 510. The third-order valence-electron chi connectivity index (χ3n) is 2.24. The zero-order chi connectivity index (χ0) is 12.3. The Kier molecular flexibility index (Phi) is 3.24. The second-order valence-electron chi connectivity index (χ2n) is 3.43. The van der Waals surface area contributed by atoms with E-state index >= 15 is 0 Å². The Hall–Kier alpha value is -2.08. The molecular formula is C11H12N2O4. The lowest BCUT2D eigenvalue weighted by atomic mass is 10.2. The van der Waals surface area contributed by atoms with Crippen LogP contribution in [0.1, 0.15) is 5.82 Å². The molecule has 1 aromatic carbocycles. The van der Waals surface area contributed by atoms with Gasteiger partial charge in [0, 0.05) is 13.5 Å². The second kappa shape index (κ2) is 4.84. The van der Waals surface area contributed by atoms with Gasteiger partial charge in [-0.1, -0.05) is 11.2 Å². The minimum absolute atomic E-state index is 0.171. The van der Waals surface area contributed by atoms with E-state index in [4.69, 9.17) is 9.26 Å². The average Bonchev–Trinajstić information content (AvgIpc) is 2.78. The van der Waals surface area contributed by atoms with Crippen molar-refractivity contribution in [3.63, 3.8) is 0 Å². The van der Waals surface area contributed by atoms with E-state index in [1.165, 1.54) is 6.07 Å². The predicted octanol–water partition coefficient (Wildman–Crippen LogP) is 1.34. The number of methoxy groups -OCH3 is 1. The average molecular weight is 236 g/mol. The fourth-order valence-corrected chi connectivity index (χ4v) is 1.36. The number of aromatic hydroxyl groups is 2. The van der Waals surface area contributed by atoms with Gasteiger partial charge in [-0.2, -0.15) is 4.98 Å². The van der Waals surface area contributed by atoms with Crippen LogP contribution < -0.4 is 0 Å². The van der Waals surface area contributed by atoms with Crippen LogP contribution >= 0.6 is 0 Å². The summed E-state index contributed by atoms with van der Waals surface area (Å²) >= 11 is 0. The molecule has 0 unspecified atom stereocenters. The molecule has 17 heavy (non-hydrogen) atoms. The first kappa shape index (κ1) is 11.4. The number of para-hydroxylation sites is 1. The van der Waals surface area contributed by atoms with Crippen molar-refractivity contribution in [2.24, 2.45) is 0 Å². The maximum Gasteiger partial charge on any atom is 0.261 e. The predicted molar refractivity (Wildman–Crippen MR) is 58.6 cm³/mol. The molecule has 0 saturated heterocycles. The lowest BCUT2D eigenvalue weighted by Crippen LogP contribution is -1.96. The maximum absolute atomic E-state index is 9.63. The molecule has 90 valence electrons. The van der Waals surface area contributed by atoms with E-state index < -0.39 is 0 Å². The number of rotatable bonds is 4. The number of benzene rings is 1. The van der Waals surface area contributed by atoms with Crippen LogP contribution in [0, 0.1) is 0 Å². The summed E-state index contributed by atoms with van der Waals surface area (Å²) in [5.41, 5.74) is 0.307. The van der Waals surface area contributed by atoms with Gasteiger partial charge in [-0.05, 0) is 12.1 Å². The van der Waals surface area contributed by atoms with Gasteiger partial charge >= 0.3 is 0 Å². The first-order valence-electron chi connectivity index (χ1n) is 5.05. The first-order chi connectivity index (χ1) is 8.22. The van der Waals surface area contributed by atoms with Gasteiger partial charge in [-0.25, -0.2) is 0 Å². The molecule has 0 aliphatic heterocycles. The third-order valence-corrected chi connectivity index (χ3v) is 2.24. The first-order valence-corrected chi connectivity index (χ1v) is 5.05. The Morgan fingerprint density at radius 3 is 2.94 bits per heavy atom. The molecule has 0 spiro atoms. The van der Waals surface area contributed by atoms with Crippen molar-refractivity contribution in [2.45, 2.75) is 6.42 Å². The summed E-state index contributed by atoms with van der Waals surface area (Å²) in [5, 5.41) is 22.7. The monoisotopic (exact) mass is 236 g/mol. The fourth-order valence-electron chi connectivity index (χ4n) is 1.36. The molecule has 0 atom stereocenters. The van der Waals surface area contributed by atoms with E-state index in [9.17, 15) is 10.2 Å². The SMILES string of the molecule is COCCc1noc(-c2cccc(O)c2O)n1. The van der Waals surface area contributed by atoms with Crippen molar-refractivity contribution < 1.29 is 19.5 Å². The molecule has 2 aromatic rings. The van der Waals surface area contributed by atoms with Gasteiger partial charge in [0.1, 0.15) is 0 Å². The smallest absolute Gasteiger partial charge is 0.261 e. The molecule has 0 aliphatic rings. The molecule has 2 rings (SSSR count). The summed E-state index contributed by atoms with van der Waals surface area (Å²) in [4.78, 5) is 4.09. The number of ether oxygens (including phenoxy) is 1. The molecular weight excluding hydrogens is 224 g/mol. The minimum Gasteiger partial charge on any atom is -0.504 e. The van der Waals surface area contributed by atoms with Gasteiger partial charge < -0.3 is 19.5 Å². The number of hydrogen-bond donors (Lipinski definition) is 2. The van der Waals surface area contributed by atoms with Gasteiger partial charge in [-0.3, -0.25) is 0 Å². The number of hydrogen-bond acceptors (Lipinski definition) is 6. The Morgan fingerprint density at radius 1 is 1.35 bits per heavy atom. The van der Waals surface area contributed by atoms with Crippen LogP contribution in [0.15, 0.2) is 22.7 Å². The Balaban J connectivity index is 2.27. The van der Waals surface area contributed by atoms with Crippen LogP contribution in [0.2, 0.25) is 0 Å². The highest BCUT2D eigenvalue weighted by Crippen LogP contribution is 2.34. The zero-order valence-electron chi connectivity index (χ0n) is 9.25. The number of nitrogens with zero attached hydrogens (tertiary/aromatic N) is 2. The van der Waals surface area contributed by atoms with E-state index in [1.54, 1.807) is 19.2 Å². The van der Waals surface area contributed by atoms with Crippen molar-refractivity contribution >= 4 is 0 Å². The van der Waals surface area contributed by atoms with Crippen molar-refractivity contribution in [3.8, 4) is 23.0 Å². The van der Waals surface area contributed by atoms with Gasteiger partial charge in [0.25, 0.3) is 5.89 Å². The normalized spacial score (nSPS) is 10.6. The van der Waals surface area contributed by atoms with Crippen molar-refractivity contribution in [2.75, 3.05) is 13.7 Å². The van der Waals surface area contributed by atoms with Crippen LogP contribution in [0.25, 0.3) is 11.5 Å². The molecule has 6 nitrogen and oxygen atoms in total. The number of aromatic nitrogens is 2. The van der Waals surface area contributed by atoms with Crippen molar-refractivity contribution in [1.82, 2.24) is 10.1 Å². The standard InChI is InChI=1S/C11H12N2O4/c1-16-6-5-9-12-11(17-13-9)7-3-2-4-8(14)10(7)15/h2-4,14-15H,5-6H2,1H3. The lowest BCUT2D eigenvalue weighted by molar-refractivity contribution is 0.199. The van der Waals surface area contributed by atoms with Gasteiger partial charge in [0.15, 0.2) is 17.3 Å². The van der Waals surface area contributed by atoms with Gasteiger partial charge in [0.05, 0.1) is 12.2 Å². The molecule has 6 heteroatoms. The van der Waals surface area contributed by atoms with E-state index in [-0.39, 0.29) is 17.4 Å². The highest BCUT2D eigenvalue weighted by molar-refractivity contribution is 5.66. The van der Waals surface area contributed by atoms with E-state index in [1.807, 2.05) is 0 Å².